The van der Waals surface area contributed by atoms with Gasteiger partial charge in [0.2, 0.25) is 0 Å². The minimum absolute atomic E-state index is 0.0572. The van der Waals surface area contributed by atoms with Crippen LogP contribution in [0, 0.1) is 6.92 Å². The summed E-state index contributed by atoms with van der Waals surface area (Å²) in [5.74, 6) is -0.0572. The molecule has 4 nitrogen and oxygen atoms in total. The molecule has 5 heteroatoms. The van der Waals surface area contributed by atoms with E-state index in [0.717, 1.165) is 33.5 Å². The van der Waals surface area contributed by atoms with Crippen molar-refractivity contribution >= 4 is 51.2 Å². The number of thioether (sulfide) groups is 1. The van der Waals surface area contributed by atoms with Gasteiger partial charge in [0.25, 0.3) is 5.91 Å². The highest BCUT2D eigenvalue weighted by Gasteiger charge is 2.35. The smallest absolute Gasteiger partial charge is 0.271 e. The number of aliphatic imine (C=N–C) groups is 1. The largest absolute Gasteiger partial charge is 0.347 e. The topological polar surface area (TPSA) is 37.6 Å². The quantitative estimate of drug-likeness (QED) is 0.363. The van der Waals surface area contributed by atoms with Crippen LogP contribution in [0.5, 0.6) is 0 Å². The first kappa shape index (κ1) is 19.4. The van der Waals surface area contributed by atoms with Crippen molar-refractivity contribution in [3.8, 4) is 0 Å². The molecule has 1 fully saturated rings. The summed E-state index contributed by atoms with van der Waals surface area (Å²) in [6.45, 7) is 2.09. The van der Waals surface area contributed by atoms with Crippen molar-refractivity contribution in [3.63, 3.8) is 0 Å². The van der Waals surface area contributed by atoms with E-state index < -0.39 is 0 Å². The maximum absolute atomic E-state index is 13.5. The highest BCUT2D eigenvalue weighted by molar-refractivity contribution is 8.19. The van der Waals surface area contributed by atoms with Gasteiger partial charge in [0.1, 0.15) is 0 Å². The van der Waals surface area contributed by atoms with Crippen LogP contribution < -0.4 is 4.90 Å². The Hall–Kier alpha value is -3.57. The number of hydrogen-bond acceptors (Lipinski definition) is 3. The van der Waals surface area contributed by atoms with Crippen molar-refractivity contribution in [3.05, 3.63) is 101 Å². The van der Waals surface area contributed by atoms with E-state index in [1.165, 1.54) is 11.8 Å². The van der Waals surface area contributed by atoms with Crippen LogP contribution in [0.1, 0.15) is 11.3 Å². The summed E-state index contributed by atoms with van der Waals surface area (Å²) in [7, 11) is 2.06. The van der Waals surface area contributed by atoms with Crippen LogP contribution in [-0.2, 0) is 11.8 Å². The predicted molar refractivity (Wildman–Crippen MR) is 131 cm³/mol. The van der Waals surface area contributed by atoms with Gasteiger partial charge in [-0.1, -0.05) is 54.6 Å². The maximum Gasteiger partial charge on any atom is 0.271 e. The first-order valence-corrected chi connectivity index (χ1v) is 10.9. The van der Waals surface area contributed by atoms with E-state index in [1.54, 1.807) is 4.90 Å². The van der Waals surface area contributed by atoms with Crippen molar-refractivity contribution in [2.45, 2.75) is 6.92 Å². The molecule has 0 spiro atoms. The molecule has 0 saturated carbocycles. The lowest BCUT2D eigenvalue weighted by atomic mass is 10.1. The Bertz CT molecular complexity index is 1340. The second-order valence-electron chi connectivity index (χ2n) is 7.39. The Morgan fingerprint density at radius 2 is 1.52 bits per heavy atom. The fourth-order valence-electron chi connectivity index (χ4n) is 3.83. The van der Waals surface area contributed by atoms with Crippen molar-refractivity contribution in [2.24, 2.45) is 12.0 Å². The lowest BCUT2D eigenvalue weighted by molar-refractivity contribution is -0.113. The summed E-state index contributed by atoms with van der Waals surface area (Å²) >= 11 is 1.42. The molecule has 152 valence electrons. The average molecular weight is 424 g/mol. The number of aryl methyl sites for hydroxylation is 1. The Morgan fingerprint density at radius 3 is 2.26 bits per heavy atom. The van der Waals surface area contributed by atoms with Crippen molar-refractivity contribution in [1.82, 2.24) is 4.57 Å². The number of carbonyl (C=O) groups excluding carboxylic acids is 1. The number of fused-ring (bicyclic) bond motifs is 1. The van der Waals surface area contributed by atoms with Gasteiger partial charge in [0.05, 0.1) is 16.3 Å². The van der Waals surface area contributed by atoms with Gasteiger partial charge < -0.3 is 4.57 Å². The lowest BCUT2D eigenvalue weighted by Gasteiger charge is -2.15. The molecule has 31 heavy (non-hydrogen) atoms. The summed E-state index contributed by atoms with van der Waals surface area (Å²) in [5, 5.41) is 1.80. The molecule has 0 radical (unpaired) electrons. The summed E-state index contributed by atoms with van der Waals surface area (Å²) in [6.07, 6.45) is 2.01. The normalized spacial score (nSPS) is 16.7. The van der Waals surface area contributed by atoms with Gasteiger partial charge in [-0.25, -0.2) is 4.99 Å². The molecule has 1 aliphatic rings. The highest BCUT2D eigenvalue weighted by atomic mass is 32.2. The molecule has 1 saturated heterocycles. The fourth-order valence-corrected chi connectivity index (χ4v) is 4.81. The fraction of sp³-hybridized carbons (Fsp3) is 0.0769. The molecule has 0 aliphatic carbocycles. The van der Waals surface area contributed by atoms with Crippen molar-refractivity contribution < 1.29 is 4.79 Å². The van der Waals surface area contributed by atoms with Gasteiger partial charge in [-0.3, -0.25) is 9.69 Å². The number of nitrogens with zero attached hydrogens (tertiary/aromatic N) is 3. The zero-order valence-corrected chi connectivity index (χ0v) is 18.1. The van der Waals surface area contributed by atoms with Crippen LogP contribution in [0.4, 0.5) is 11.4 Å². The number of benzene rings is 3. The molecule has 3 aromatic carbocycles. The van der Waals surface area contributed by atoms with Crippen LogP contribution in [0.2, 0.25) is 0 Å². The summed E-state index contributed by atoms with van der Waals surface area (Å²) in [4.78, 5) is 20.7. The molecule has 4 aromatic rings. The van der Waals surface area contributed by atoms with Gasteiger partial charge >= 0.3 is 0 Å². The first-order valence-electron chi connectivity index (χ1n) is 10.1. The average Bonchev–Trinajstić information content (AvgIpc) is 3.24. The number of rotatable bonds is 3. The summed E-state index contributed by atoms with van der Waals surface area (Å²) in [5.41, 5.74) is 4.99. The number of amides is 1. The number of aromatic nitrogens is 1. The zero-order chi connectivity index (χ0) is 21.4. The number of hydrogen-bond donors (Lipinski definition) is 0. The molecule has 1 aliphatic heterocycles. The second kappa shape index (κ2) is 7.93. The van der Waals surface area contributed by atoms with Crippen LogP contribution in [0.15, 0.2) is 94.8 Å². The Labute approximate surface area is 185 Å². The van der Waals surface area contributed by atoms with Crippen LogP contribution in [0.3, 0.4) is 0 Å². The molecule has 1 amide bonds. The van der Waals surface area contributed by atoms with Crippen LogP contribution in [0.25, 0.3) is 17.0 Å². The van der Waals surface area contributed by atoms with E-state index in [-0.39, 0.29) is 5.91 Å². The lowest BCUT2D eigenvalue weighted by Crippen LogP contribution is -2.28. The molecular weight excluding hydrogens is 402 g/mol. The van der Waals surface area contributed by atoms with E-state index >= 15 is 0 Å². The second-order valence-corrected chi connectivity index (χ2v) is 8.40. The van der Waals surface area contributed by atoms with Crippen molar-refractivity contribution in [1.29, 1.82) is 0 Å². The molecule has 1 aromatic heterocycles. The van der Waals surface area contributed by atoms with Gasteiger partial charge in [0, 0.05) is 29.2 Å². The number of carbonyl (C=O) groups is 1. The Kier molecular flexibility index (Phi) is 4.96. The monoisotopic (exact) mass is 423 g/mol. The summed E-state index contributed by atoms with van der Waals surface area (Å²) in [6, 6.07) is 27.7. The number of amidine groups is 1. The van der Waals surface area contributed by atoms with Gasteiger partial charge in [-0.05, 0) is 55.1 Å². The Balaban J connectivity index is 1.64. The first-order chi connectivity index (χ1) is 15.1. The minimum Gasteiger partial charge on any atom is -0.347 e. The number of para-hydroxylation sites is 3. The van der Waals surface area contributed by atoms with Gasteiger partial charge in [-0.15, -0.1) is 0 Å². The molecule has 0 bridgehead atoms. The third-order valence-electron chi connectivity index (χ3n) is 5.53. The van der Waals surface area contributed by atoms with Crippen molar-refractivity contribution in [2.75, 3.05) is 4.90 Å². The van der Waals surface area contributed by atoms with Gasteiger partial charge in [-0.2, -0.15) is 0 Å². The molecule has 0 atom stereocenters. The predicted octanol–water partition coefficient (Wildman–Crippen LogP) is 6.30. The SMILES string of the molecule is Cc1c(/C=C2\SC(=Nc3ccccc3)N(c3ccccc3)C2=O)c2ccccc2n1C. The van der Waals surface area contributed by atoms with E-state index in [9.17, 15) is 4.79 Å². The third kappa shape index (κ3) is 3.47. The van der Waals surface area contributed by atoms with E-state index in [0.29, 0.717) is 10.1 Å². The Morgan fingerprint density at radius 1 is 0.871 bits per heavy atom. The number of anilines is 1. The van der Waals surface area contributed by atoms with E-state index in [4.69, 9.17) is 4.99 Å². The highest BCUT2D eigenvalue weighted by Crippen LogP contribution is 2.38. The molecule has 0 N–H and O–H groups in total. The zero-order valence-electron chi connectivity index (χ0n) is 17.3. The van der Waals surface area contributed by atoms with E-state index in [2.05, 4.69) is 30.7 Å². The standard InChI is InChI=1S/C26H21N3OS/c1-18-22(21-15-9-10-16-23(21)28(18)2)17-24-25(30)29(20-13-7-4-8-14-20)26(31-24)27-19-11-5-3-6-12-19/h3-17H,1-2H3/b24-17-,27-26?. The van der Waals surface area contributed by atoms with E-state index in [1.807, 2.05) is 78.9 Å². The molecule has 5 rings (SSSR count). The van der Waals surface area contributed by atoms with Crippen LogP contribution >= 0.6 is 11.8 Å². The van der Waals surface area contributed by atoms with Crippen LogP contribution in [-0.4, -0.2) is 15.6 Å². The molecule has 0 unspecified atom stereocenters. The summed E-state index contributed by atoms with van der Waals surface area (Å²) < 4.78 is 2.17. The van der Waals surface area contributed by atoms with Gasteiger partial charge in [0.15, 0.2) is 5.17 Å². The minimum atomic E-state index is -0.0572. The third-order valence-corrected chi connectivity index (χ3v) is 6.49. The molecular formula is C26H21N3OS. The molecule has 2 heterocycles. The maximum atomic E-state index is 13.5.